The lowest BCUT2D eigenvalue weighted by Gasteiger charge is -2.30. The number of aromatic nitrogens is 4. The third kappa shape index (κ3) is 5.96. The van der Waals surface area contributed by atoms with Crippen molar-refractivity contribution in [1.82, 2.24) is 29.9 Å². The summed E-state index contributed by atoms with van der Waals surface area (Å²) in [5, 5.41) is 7.76. The second-order valence-corrected chi connectivity index (χ2v) is 9.22. The highest BCUT2D eigenvalue weighted by molar-refractivity contribution is 6.33. The van der Waals surface area contributed by atoms with Crippen LogP contribution in [0.5, 0.6) is 0 Å². The molecule has 1 N–H and O–H groups in total. The summed E-state index contributed by atoms with van der Waals surface area (Å²) in [7, 11) is 0. The van der Waals surface area contributed by atoms with Gasteiger partial charge in [0.25, 0.3) is 0 Å². The van der Waals surface area contributed by atoms with Crippen LogP contribution >= 0.6 is 11.6 Å². The zero-order valence-electron chi connectivity index (χ0n) is 19.3. The molecule has 9 heteroatoms. The molecule has 1 saturated heterocycles. The largest absolute Gasteiger partial charge is 0.352 e. The van der Waals surface area contributed by atoms with E-state index in [1.807, 2.05) is 29.0 Å². The van der Waals surface area contributed by atoms with Gasteiger partial charge in [-0.25, -0.2) is 4.98 Å². The van der Waals surface area contributed by atoms with Crippen LogP contribution in [0, 0.1) is 5.92 Å². The quantitative estimate of drug-likeness (QED) is 0.399. The number of benzene rings is 2. The van der Waals surface area contributed by atoms with E-state index < -0.39 is 0 Å². The summed E-state index contributed by atoms with van der Waals surface area (Å²) < 4.78 is 7.46. The van der Waals surface area contributed by atoms with Crippen LogP contribution in [0.25, 0.3) is 11.4 Å². The topological polar surface area (TPSA) is 89.1 Å². The number of nitrogens with one attached hydrogen (secondary N) is 1. The van der Waals surface area contributed by atoms with Gasteiger partial charge in [0, 0.05) is 37.0 Å². The van der Waals surface area contributed by atoms with Crippen LogP contribution < -0.4 is 5.32 Å². The minimum atomic E-state index is 0.0214. The van der Waals surface area contributed by atoms with Gasteiger partial charge in [-0.2, -0.15) is 4.98 Å². The summed E-state index contributed by atoms with van der Waals surface area (Å²) >= 11 is 6.23. The van der Waals surface area contributed by atoms with Crippen LogP contribution in [0.4, 0.5) is 0 Å². The van der Waals surface area contributed by atoms with Crippen LogP contribution in [-0.2, 0) is 24.4 Å². The fourth-order valence-corrected chi connectivity index (χ4v) is 4.52. The molecule has 0 bridgehead atoms. The molecule has 8 nitrogen and oxygen atoms in total. The first-order chi connectivity index (χ1) is 17.1. The summed E-state index contributed by atoms with van der Waals surface area (Å²) in [6.45, 7) is 3.51. The first-order valence-electron chi connectivity index (χ1n) is 11.7. The molecule has 0 unspecified atom stereocenters. The maximum Gasteiger partial charge on any atom is 0.241 e. The number of carbonyl (C=O) groups is 1. The highest BCUT2D eigenvalue weighted by Gasteiger charge is 2.26. The fraction of sp³-hybridized carbons (Fsp3) is 0.308. The Morgan fingerprint density at radius 1 is 1.06 bits per heavy atom. The second-order valence-electron chi connectivity index (χ2n) is 8.81. The summed E-state index contributed by atoms with van der Waals surface area (Å²) in [6.07, 6.45) is 7.14. The Hall–Kier alpha value is -3.49. The highest BCUT2D eigenvalue weighted by Crippen LogP contribution is 2.25. The molecule has 1 aliphatic heterocycles. The van der Waals surface area contributed by atoms with Crippen molar-refractivity contribution in [3.8, 4) is 11.4 Å². The minimum Gasteiger partial charge on any atom is -0.352 e. The van der Waals surface area contributed by atoms with Crippen molar-refractivity contribution < 1.29 is 9.32 Å². The molecule has 0 radical (unpaired) electrons. The van der Waals surface area contributed by atoms with Crippen molar-refractivity contribution in [2.24, 2.45) is 5.92 Å². The molecule has 4 aromatic rings. The Bertz CT molecular complexity index is 1250. The molecule has 1 amide bonds. The maximum absolute atomic E-state index is 12.7. The summed E-state index contributed by atoms with van der Waals surface area (Å²) in [6, 6.07) is 15.8. The van der Waals surface area contributed by atoms with Crippen molar-refractivity contribution in [2.75, 3.05) is 13.1 Å². The van der Waals surface area contributed by atoms with Gasteiger partial charge in [0.1, 0.15) is 0 Å². The van der Waals surface area contributed by atoms with Crippen molar-refractivity contribution in [3.05, 3.63) is 89.3 Å². The average molecular weight is 491 g/mol. The van der Waals surface area contributed by atoms with Crippen molar-refractivity contribution in [2.45, 2.75) is 32.5 Å². The summed E-state index contributed by atoms with van der Waals surface area (Å²) in [5.74, 6) is 1.19. The SMILES string of the molecule is O=C(NCc1ccc(Cn2ccnc2)cc1)C1CCN(Cc2nc(-c3ccccc3Cl)no2)CC1. The van der Waals surface area contributed by atoms with Gasteiger partial charge in [-0.3, -0.25) is 9.69 Å². The number of amides is 1. The van der Waals surface area contributed by atoms with E-state index in [1.165, 1.54) is 5.56 Å². The van der Waals surface area contributed by atoms with Gasteiger partial charge in [0.2, 0.25) is 17.6 Å². The van der Waals surface area contributed by atoms with E-state index in [0.717, 1.165) is 43.6 Å². The van der Waals surface area contributed by atoms with Gasteiger partial charge >= 0.3 is 0 Å². The van der Waals surface area contributed by atoms with E-state index in [-0.39, 0.29) is 11.8 Å². The molecule has 1 aliphatic rings. The Morgan fingerprint density at radius 2 is 1.83 bits per heavy atom. The van der Waals surface area contributed by atoms with Gasteiger partial charge in [0.15, 0.2) is 0 Å². The van der Waals surface area contributed by atoms with Gasteiger partial charge in [-0.05, 0) is 49.2 Å². The highest BCUT2D eigenvalue weighted by atomic mass is 35.5. The molecule has 2 aromatic heterocycles. The predicted octanol–water partition coefficient (Wildman–Crippen LogP) is 4.16. The molecule has 2 aromatic carbocycles. The fourth-order valence-electron chi connectivity index (χ4n) is 4.30. The Morgan fingerprint density at radius 3 is 2.57 bits per heavy atom. The van der Waals surface area contributed by atoms with Gasteiger partial charge in [0.05, 0.1) is 17.9 Å². The number of halogens is 1. The molecule has 0 aliphatic carbocycles. The number of hydrogen-bond donors (Lipinski definition) is 1. The van der Waals surface area contributed by atoms with Crippen LogP contribution in [0.15, 0.2) is 71.8 Å². The molecule has 0 saturated carbocycles. The number of nitrogens with zero attached hydrogens (tertiary/aromatic N) is 5. The molecule has 35 heavy (non-hydrogen) atoms. The van der Waals surface area contributed by atoms with Crippen LogP contribution in [0.2, 0.25) is 5.02 Å². The molecule has 0 atom stereocenters. The number of carbonyl (C=O) groups excluding carboxylic acids is 1. The predicted molar refractivity (Wildman–Crippen MR) is 132 cm³/mol. The van der Waals surface area contributed by atoms with Gasteiger partial charge in [-0.15, -0.1) is 0 Å². The average Bonchev–Trinajstić information content (AvgIpc) is 3.57. The Labute approximate surface area is 208 Å². The van der Waals surface area contributed by atoms with Crippen LogP contribution in [0.1, 0.15) is 29.9 Å². The minimum absolute atomic E-state index is 0.0214. The van der Waals surface area contributed by atoms with Crippen molar-refractivity contribution in [1.29, 1.82) is 0 Å². The molecule has 3 heterocycles. The van der Waals surface area contributed by atoms with E-state index in [9.17, 15) is 4.79 Å². The molecule has 0 spiro atoms. The molecule has 5 rings (SSSR count). The molecule has 1 fully saturated rings. The number of imidazole rings is 1. The van der Waals surface area contributed by atoms with Crippen molar-refractivity contribution in [3.63, 3.8) is 0 Å². The van der Waals surface area contributed by atoms with E-state index in [4.69, 9.17) is 16.1 Å². The molecular formula is C26H27ClN6O2. The monoisotopic (exact) mass is 490 g/mol. The Balaban J connectivity index is 1.06. The van der Waals surface area contributed by atoms with E-state index in [0.29, 0.717) is 29.8 Å². The molecular weight excluding hydrogens is 464 g/mol. The van der Waals surface area contributed by atoms with E-state index in [2.05, 4.69) is 49.6 Å². The van der Waals surface area contributed by atoms with Gasteiger partial charge in [-0.1, -0.05) is 53.2 Å². The third-order valence-corrected chi connectivity index (χ3v) is 6.64. The standard InChI is InChI=1S/C26H27ClN6O2/c27-23-4-2-1-3-22(23)25-30-24(35-31-25)17-32-12-9-21(10-13-32)26(34)29-15-19-5-7-20(8-6-19)16-33-14-11-28-18-33/h1-8,11,14,18,21H,9-10,12-13,15-17H2,(H,29,34). The summed E-state index contributed by atoms with van der Waals surface area (Å²) in [5.41, 5.74) is 3.05. The first kappa shape index (κ1) is 23.3. The lowest BCUT2D eigenvalue weighted by atomic mass is 9.96. The van der Waals surface area contributed by atoms with Gasteiger partial charge < -0.3 is 14.4 Å². The van der Waals surface area contributed by atoms with Crippen LogP contribution in [-0.4, -0.2) is 43.6 Å². The zero-order valence-corrected chi connectivity index (χ0v) is 20.1. The number of rotatable bonds is 8. The third-order valence-electron chi connectivity index (χ3n) is 6.31. The van der Waals surface area contributed by atoms with E-state index in [1.54, 1.807) is 18.6 Å². The first-order valence-corrected chi connectivity index (χ1v) is 12.1. The smallest absolute Gasteiger partial charge is 0.241 e. The lowest BCUT2D eigenvalue weighted by molar-refractivity contribution is -0.126. The Kier molecular flexibility index (Phi) is 7.20. The zero-order chi connectivity index (χ0) is 24.0. The van der Waals surface area contributed by atoms with Crippen molar-refractivity contribution >= 4 is 17.5 Å². The maximum atomic E-state index is 12.7. The second kappa shape index (κ2) is 10.8. The lowest BCUT2D eigenvalue weighted by Crippen LogP contribution is -2.40. The normalized spacial score (nSPS) is 14.8. The number of piperidine rings is 1. The molecule has 180 valence electrons. The summed E-state index contributed by atoms with van der Waals surface area (Å²) in [4.78, 5) is 23.5. The number of hydrogen-bond acceptors (Lipinski definition) is 6. The number of likely N-dealkylation sites (tertiary alicyclic amines) is 1. The van der Waals surface area contributed by atoms with E-state index >= 15 is 0 Å². The van der Waals surface area contributed by atoms with Crippen LogP contribution in [0.3, 0.4) is 0 Å².